The summed E-state index contributed by atoms with van der Waals surface area (Å²) < 4.78 is -0.731. The number of nitrogens with one attached hydrogen (secondary N) is 1. The SMILES string of the molecule is CCCCCC(Cl)(Cl)Cc1ccc(NCC(=O)O)cc1. The van der Waals surface area contributed by atoms with E-state index in [0.717, 1.165) is 36.9 Å². The molecular formula is C15H21Cl2NO2. The van der Waals surface area contributed by atoms with Crippen molar-refractivity contribution >= 4 is 34.9 Å². The molecule has 0 aliphatic carbocycles. The van der Waals surface area contributed by atoms with Gasteiger partial charge in [-0.25, -0.2) is 0 Å². The third kappa shape index (κ3) is 7.01. The number of hydrogen-bond acceptors (Lipinski definition) is 2. The van der Waals surface area contributed by atoms with Gasteiger partial charge in [0.15, 0.2) is 0 Å². The normalized spacial score (nSPS) is 11.3. The minimum atomic E-state index is -0.884. The Balaban J connectivity index is 2.49. The molecule has 5 heteroatoms. The number of carboxylic acids is 1. The maximum Gasteiger partial charge on any atom is 0.322 e. The van der Waals surface area contributed by atoms with Crippen molar-refractivity contribution in [2.75, 3.05) is 11.9 Å². The summed E-state index contributed by atoms with van der Waals surface area (Å²) in [4.78, 5) is 10.5. The van der Waals surface area contributed by atoms with Gasteiger partial charge in [-0.05, 0) is 24.1 Å². The molecule has 0 bridgehead atoms. The molecule has 0 radical (unpaired) electrons. The predicted molar refractivity (Wildman–Crippen MR) is 84.9 cm³/mol. The lowest BCUT2D eigenvalue weighted by atomic mass is 10.0. The molecule has 1 rings (SSSR count). The Morgan fingerprint density at radius 1 is 1.25 bits per heavy atom. The first-order valence-electron chi connectivity index (χ1n) is 6.85. The van der Waals surface area contributed by atoms with Gasteiger partial charge in [0.05, 0.1) is 0 Å². The van der Waals surface area contributed by atoms with Crippen molar-refractivity contribution in [1.29, 1.82) is 0 Å². The zero-order chi connectivity index (χ0) is 15.0. The van der Waals surface area contributed by atoms with Crippen molar-refractivity contribution in [2.45, 2.75) is 43.4 Å². The molecule has 0 aromatic heterocycles. The third-order valence-electron chi connectivity index (χ3n) is 3.01. The number of benzene rings is 1. The van der Waals surface area contributed by atoms with Crippen LogP contribution in [0.15, 0.2) is 24.3 Å². The first-order valence-corrected chi connectivity index (χ1v) is 7.61. The minimum absolute atomic E-state index is 0.0920. The Bertz CT molecular complexity index is 418. The van der Waals surface area contributed by atoms with Crippen LogP contribution in [0.5, 0.6) is 0 Å². The summed E-state index contributed by atoms with van der Waals surface area (Å²) in [6.45, 7) is 2.05. The zero-order valence-corrected chi connectivity index (χ0v) is 13.2. The molecule has 0 spiro atoms. The van der Waals surface area contributed by atoms with Crippen LogP contribution in [-0.2, 0) is 11.2 Å². The van der Waals surface area contributed by atoms with Crippen LogP contribution in [0.1, 0.15) is 38.2 Å². The second-order valence-corrected chi connectivity index (χ2v) is 6.57. The highest BCUT2D eigenvalue weighted by atomic mass is 35.5. The van der Waals surface area contributed by atoms with Crippen molar-refractivity contribution in [3.05, 3.63) is 29.8 Å². The highest BCUT2D eigenvalue weighted by molar-refractivity contribution is 6.48. The van der Waals surface area contributed by atoms with Crippen LogP contribution in [0, 0.1) is 0 Å². The van der Waals surface area contributed by atoms with Crippen LogP contribution in [0.3, 0.4) is 0 Å². The number of carboxylic acid groups (broad SMARTS) is 1. The van der Waals surface area contributed by atoms with Gasteiger partial charge in [-0.1, -0.05) is 38.3 Å². The van der Waals surface area contributed by atoms with E-state index in [4.69, 9.17) is 28.3 Å². The first kappa shape index (κ1) is 17.1. The van der Waals surface area contributed by atoms with Crippen LogP contribution >= 0.6 is 23.2 Å². The summed E-state index contributed by atoms with van der Waals surface area (Å²) in [5.41, 5.74) is 1.82. The molecule has 0 aliphatic rings. The quantitative estimate of drug-likeness (QED) is 0.521. The number of aliphatic carboxylic acids is 1. The topological polar surface area (TPSA) is 49.3 Å². The van der Waals surface area contributed by atoms with E-state index in [9.17, 15) is 4.79 Å². The summed E-state index contributed by atoms with van der Waals surface area (Å²) in [5, 5.41) is 11.4. The van der Waals surface area contributed by atoms with Gasteiger partial charge in [0.2, 0.25) is 0 Å². The van der Waals surface area contributed by atoms with Crippen LogP contribution in [-0.4, -0.2) is 22.0 Å². The number of carbonyl (C=O) groups is 1. The fourth-order valence-corrected chi connectivity index (χ4v) is 2.51. The molecule has 0 fully saturated rings. The fraction of sp³-hybridized carbons (Fsp3) is 0.533. The van der Waals surface area contributed by atoms with E-state index in [1.165, 1.54) is 0 Å². The standard InChI is InChI=1S/C15H21Cl2NO2/c1-2-3-4-9-15(16,17)10-12-5-7-13(8-6-12)18-11-14(19)20/h5-8,18H,2-4,9-11H2,1H3,(H,19,20). The lowest BCUT2D eigenvalue weighted by molar-refractivity contribution is -0.134. The van der Waals surface area contributed by atoms with E-state index >= 15 is 0 Å². The van der Waals surface area contributed by atoms with Crippen LogP contribution in [0.25, 0.3) is 0 Å². The number of alkyl halides is 2. The largest absolute Gasteiger partial charge is 0.480 e. The Labute approximate surface area is 130 Å². The molecule has 0 saturated heterocycles. The Morgan fingerprint density at radius 2 is 1.90 bits per heavy atom. The molecular weight excluding hydrogens is 297 g/mol. The smallest absolute Gasteiger partial charge is 0.322 e. The van der Waals surface area contributed by atoms with E-state index in [1.807, 2.05) is 24.3 Å². The molecule has 2 N–H and O–H groups in total. The van der Waals surface area contributed by atoms with E-state index in [-0.39, 0.29) is 6.54 Å². The van der Waals surface area contributed by atoms with E-state index < -0.39 is 10.3 Å². The molecule has 1 aromatic carbocycles. The second-order valence-electron chi connectivity index (χ2n) is 4.93. The number of rotatable bonds is 9. The average Bonchev–Trinajstić information content (AvgIpc) is 2.37. The number of hydrogen-bond donors (Lipinski definition) is 2. The highest BCUT2D eigenvalue weighted by Crippen LogP contribution is 2.32. The molecule has 0 unspecified atom stereocenters. The van der Waals surface area contributed by atoms with Gasteiger partial charge < -0.3 is 10.4 Å². The second kappa shape index (κ2) is 8.38. The van der Waals surface area contributed by atoms with E-state index in [1.54, 1.807) is 0 Å². The van der Waals surface area contributed by atoms with Crippen LogP contribution in [0.4, 0.5) is 5.69 Å². The van der Waals surface area contributed by atoms with Crippen molar-refractivity contribution in [3.63, 3.8) is 0 Å². The third-order valence-corrected chi connectivity index (χ3v) is 3.65. The Morgan fingerprint density at radius 3 is 2.45 bits per heavy atom. The molecule has 1 aromatic rings. The molecule has 0 aliphatic heterocycles. The minimum Gasteiger partial charge on any atom is -0.480 e. The summed E-state index contributed by atoms with van der Waals surface area (Å²) in [6.07, 6.45) is 4.69. The number of halogens is 2. The highest BCUT2D eigenvalue weighted by Gasteiger charge is 2.23. The van der Waals surface area contributed by atoms with Gasteiger partial charge in [-0.2, -0.15) is 0 Å². The Hall–Kier alpha value is -0.930. The summed E-state index contributed by atoms with van der Waals surface area (Å²) in [7, 11) is 0. The molecule has 20 heavy (non-hydrogen) atoms. The van der Waals surface area contributed by atoms with Gasteiger partial charge >= 0.3 is 5.97 Å². The predicted octanol–water partition coefficient (Wildman–Crippen LogP) is 4.48. The Kier molecular flexibility index (Phi) is 7.17. The van der Waals surface area contributed by atoms with Crippen LogP contribution < -0.4 is 5.32 Å². The van der Waals surface area contributed by atoms with Gasteiger partial charge in [-0.15, -0.1) is 23.2 Å². The average molecular weight is 318 g/mol. The molecule has 0 amide bonds. The first-order chi connectivity index (χ1) is 9.43. The van der Waals surface area contributed by atoms with Crippen molar-refractivity contribution < 1.29 is 9.90 Å². The number of unbranched alkanes of at least 4 members (excludes halogenated alkanes) is 2. The summed E-state index contributed by atoms with van der Waals surface area (Å²) >= 11 is 12.6. The van der Waals surface area contributed by atoms with Crippen molar-refractivity contribution in [1.82, 2.24) is 0 Å². The molecule has 0 saturated carbocycles. The lowest BCUT2D eigenvalue weighted by Crippen LogP contribution is -2.16. The molecule has 112 valence electrons. The van der Waals surface area contributed by atoms with E-state index in [0.29, 0.717) is 6.42 Å². The molecule has 3 nitrogen and oxygen atoms in total. The molecule has 0 heterocycles. The number of anilines is 1. The molecule has 0 atom stereocenters. The summed E-state index contributed by atoms with van der Waals surface area (Å²) in [5.74, 6) is -0.884. The van der Waals surface area contributed by atoms with Crippen molar-refractivity contribution in [2.24, 2.45) is 0 Å². The lowest BCUT2D eigenvalue weighted by Gasteiger charge is -2.19. The monoisotopic (exact) mass is 317 g/mol. The summed E-state index contributed by atoms with van der Waals surface area (Å²) in [6, 6.07) is 7.52. The van der Waals surface area contributed by atoms with Gasteiger partial charge in [0.25, 0.3) is 0 Å². The maximum atomic E-state index is 10.5. The fourth-order valence-electron chi connectivity index (χ4n) is 1.94. The van der Waals surface area contributed by atoms with Crippen LogP contribution in [0.2, 0.25) is 0 Å². The van der Waals surface area contributed by atoms with Gasteiger partial charge in [-0.3, -0.25) is 4.79 Å². The van der Waals surface area contributed by atoms with Gasteiger partial charge in [0, 0.05) is 12.1 Å². The van der Waals surface area contributed by atoms with E-state index in [2.05, 4.69) is 12.2 Å². The maximum absolute atomic E-state index is 10.5. The van der Waals surface area contributed by atoms with Gasteiger partial charge in [0.1, 0.15) is 10.9 Å². The van der Waals surface area contributed by atoms with Crippen molar-refractivity contribution in [3.8, 4) is 0 Å². The zero-order valence-electron chi connectivity index (χ0n) is 11.7.